The Labute approximate surface area is 135 Å². The summed E-state index contributed by atoms with van der Waals surface area (Å²) in [5.74, 6) is 0.867. The minimum absolute atomic E-state index is 0.345. The summed E-state index contributed by atoms with van der Waals surface area (Å²) in [5, 5.41) is 0.401. The van der Waals surface area contributed by atoms with Crippen molar-refractivity contribution >= 4 is 53.6 Å². The minimum Gasteiger partial charge on any atom is -0.207 e. The molecule has 0 spiro atoms. The van der Waals surface area contributed by atoms with Crippen molar-refractivity contribution in [2.24, 2.45) is 0 Å². The number of benzene rings is 1. The van der Waals surface area contributed by atoms with Crippen molar-refractivity contribution in [3.63, 3.8) is 0 Å². The molecule has 1 aliphatic heterocycles. The van der Waals surface area contributed by atoms with Gasteiger partial charge in [0.15, 0.2) is 0 Å². The Morgan fingerprint density at radius 2 is 2.16 bits per heavy atom. The van der Waals surface area contributed by atoms with Gasteiger partial charge in [0.05, 0.1) is 4.90 Å². The van der Waals surface area contributed by atoms with Crippen molar-refractivity contribution in [1.82, 2.24) is 4.31 Å². The van der Waals surface area contributed by atoms with Crippen LogP contribution in [0.3, 0.4) is 0 Å². The zero-order chi connectivity index (χ0) is 14.0. The highest BCUT2D eigenvalue weighted by Crippen LogP contribution is 2.31. The van der Waals surface area contributed by atoms with Gasteiger partial charge in [0.2, 0.25) is 10.0 Å². The van der Waals surface area contributed by atoms with Gasteiger partial charge in [0.25, 0.3) is 0 Å². The Bertz CT molecular complexity index is 563. The number of sulfonamides is 1. The Kier molecular flexibility index (Phi) is 5.39. The van der Waals surface area contributed by atoms with E-state index in [4.69, 9.17) is 0 Å². The molecule has 1 atom stereocenters. The van der Waals surface area contributed by atoms with Gasteiger partial charge >= 0.3 is 0 Å². The van der Waals surface area contributed by atoms with Crippen LogP contribution in [-0.4, -0.2) is 36.8 Å². The molecule has 19 heavy (non-hydrogen) atoms. The van der Waals surface area contributed by atoms with Crippen molar-refractivity contribution in [2.75, 3.05) is 18.8 Å². The summed E-state index contributed by atoms with van der Waals surface area (Å²) in [7, 11) is -3.40. The lowest BCUT2D eigenvalue weighted by Gasteiger charge is -2.31. The molecule has 0 amide bonds. The molecule has 1 heterocycles. The lowest BCUT2D eigenvalue weighted by molar-refractivity contribution is 0.415. The molecule has 1 fully saturated rings. The molecule has 0 bridgehead atoms. The lowest BCUT2D eigenvalue weighted by Crippen LogP contribution is -2.41. The van der Waals surface area contributed by atoms with Crippen LogP contribution in [0.2, 0.25) is 0 Å². The second-order valence-electron chi connectivity index (χ2n) is 4.34. The van der Waals surface area contributed by atoms with Gasteiger partial charge in [-0.1, -0.05) is 22.9 Å². The van der Waals surface area contributed by atoms with Crippen molar-refractivity contribution in [3.8, 4) is 0 Å². The van der Waals surface area contributed by atoms with E-state index in [1.165, 1.54) is 0 Å². The van der Waals surface area contributed by atoms with Gasteiger partial charge in [-0.05, 0) is 40.5 Å². The molecule has 0 aromatic heterocycles. The molecule has 1 aromatic carbocycles. The second kappa shape index (κ2) is 6.47. The first-order valence-corrected chi connectivity index (χ1v) is 10.1. The minimum atomic E-state index is -3.40. The fraction of sp³-hybridized carbons (Fsp3) is 0.500. The van der Waals surface area contributed by atoms with E-state index in [2.05, 4.69) is 38.8 Å². The number of thioether (sulfide) groups is 1. The maximum absolute atomic E-state index is 12.7. The summed E-state index contributed by atoms with van der Waals surface area (Å²) in [5.41, 5.74) is 0. The molecular weight excluding hydrogens is 414 g/mol. The zero-order valence-electron chi connectivity index (χ0n) is 10.5. The fourth-order valence-corrected chi connectivity index (χ4v) is 6.56. The van der Waals surface area contributed by atoms with Crippen LogP contribution in [0.4, 0.5) is 0 Å². The van der Waals surface area contributed by atoms with Crippen LogP contribution >= 0.6 is 43.6 Å². The third kappa shape index (κ3) is 3.56. The first-order valence-electron chi connectivity index (χ1n) is 6.02. The Morgan fingerprint density at radius 1 is 1.42 bits per heavy atom. The van der Waals surface area contributed by atoms with E-state index in [0.29, 0.717) is 27.7 Å². The van der Waals surface area contributed by atoms with Crippen molar-refractivity contribution in [2.45, 2.75) is 23.5 Å². The average molecular weight is 429 g/mol. The summed E-state index contributed by atoms with van der Waals surface area (Å²) in [6.45, 7) is 3.29. The lowest BCUT2D eigenvalue weighted by atomic mass is 10.3. The quantitative estimate of drug-likeness (QED) is 0.735. The van der Waals surface area contributed by atoms with Gasteiger partial charge in [0, 0.05) is 33.0 Å². The predicted molar refractivity (Wildman–Crippen MR) is 87.1 cm³/mol. The summed E-state index contributed by atoms with van der Waals surface area (Å²) < 4.78 is 28.4. The van der Waals surface area contributed by atoms with E-state index in [1.54, 1.807) is 22.5 Å². The highest BCUT2D eigenvalue weighted by atomic mass is 79.9. The third-order valence-electron chi connectivity index (χ3n) is 3.07. The van der Waals surface area contributed by atoms with Crippen LogP contribution in [0.5, 0.6) is 0 Å². The van der Waals surface area contributed by atoms with Gasteiger partial charge in [-0.2, -0.15) is 16.1 Å². The monoisotopic (exact) mass is 427 g/mol. The van der Waals surface area contributed by atoms with E-state index >= 15 is 0 Å². The normalized spacial score (nSPS) is 21.5. The maximum atomic E-state index is 12.7. The van der Waals surface area contributed by atoms with E-state index in [-0.39, 0.29) is 0 Å². The SMILES string of the molecule is CCC1CN(S(=O)(=O)c2ccc(Br)cc2Br)CCS1. The van der Waals surface area contributed by atoms with Gasteiger partial charge in [-0.3, -0.25) is 0 Å². The predicted octanol–water partition coefficient (Wildman–Crippen LogP) is 3.73. The fourth-order valence-electron chi connectivity index (χ4n) is 1.98. The molecule has 1 aromatic rings. The summed E-state index contributed by atoms with van der Waals surface area (Å²) in [6, 6.07) is 5.17. The Balaban J connectivity index is 2.31. The summed E-state index contributed by atoms with van der Waals surface area (Å²) >= 11 is 8.54. The van der Waals surface area contributed by atoms with Gasteiger partial charge in [0.1, 0.15) is 0 Å². The molecule has 106 valence electrons. The molecular formula is C12H15Br2NO2S2. The highest BCUT2D eigenvalue weighted by Gasteiger charge is 2.31. The summed E-state index contributed by atoms with van der Waals surface area (Å²) in [6.07, 6.45) is 0.998. The molecule has 1 saturated heterocycles. The molecule has 1 unspecified atom stereocenters. The third-order valence-corrected chi connectivity index (χ3v) is 7.78. The van der Waals surface area contributed by atoms with Crippen molar-refractivity contribution in [3.05, 3.63) is 27.1 Å². The first kappa shape index (κ1) is 15.8. The van der Waals surface area contributed by atoms with Crippen LogP contribution < -0.4 is 0 Å². The average Bonchev–Trinajstić information content (AvgIpc) is 2.38. The van der Waals surface area contributed by atoms with E-state index < -0.39 is 10.0 Å². The van der Waals surface area contributed by atoms with Crippen LogP contribution in [0, 0.1) is 0 Å². The van der Waals surface area contributed by atoms with E-state index in [1.807, 2.05) is 11.8 Å². The van der Waals surface area contributed by atoms with Crippen LogP contribution in [0.1, 0.15) is 13.3 Å². The standard InChI is InChI=1S/C12H15Br2NO2S2/c1-2-10-8-15(5-6-18-10)19(16,17)12-4-3-9(13)7-11(12)14/h3-4,7,10H,2,5-6,8H2,1H3. The van der Waals surface area contributed by atoms with E-state index in [9.17, 15) is 8.42 Å². The Morgan fingerprint density at radius 3 is 2.79 bits per heavy atom. The molecule has 2 rings (SSSR count). The van der Waals surface area contributed by atoms with Gasteiger partial charge < -0.3 is 0 Å². The van der Waals surface area contributed by atoms with Crippen LogP contribution in [-0.2, 0) is 10.0 Å². The van der Waals surface area contributed by atoms with Crippen LogP contribution in [0.15, 0.2) is 32.0 Å². The van der Waals surface area contributed by atoms with Crippen molar-refractivity contribution < 1.29 is 8.42 Å². The molecule has 0 N–H and O–H groups in total. The van der Waals surface area contributed by atoms with Gasteiger partial charge in [-0.15, -0.1) is 0 Å². The number of hydrogen-bond donors (Lipinski definition) is 0. The number of rotatable bonds is 3. The molecule has 7 heteroatoms. The maximum Gasteiger partial charge on any atom is 0.244 e. The molecule has 1 aliphatic rings. The Hall–Kier alpha value is 0.440. The van der Waals surface area contributed by atoms with Crippen LogP contribution in [0.25, 0.3) is 0 Å². The largest absolute Gasteiger partial charge is 0.244 e. The van der Waals surface area contributed by atoms with Crippen molar-refractivity contribution in [1.29, 1.82) is 0 Å². The first-order chi connectivity index (χ1) is 8.95. The smallest absolute Gasteiger partial charge is 0.207 e. The summed E-state index contributed by atoms with van der Waals surface area (Å²) in [4.78, 5) is 0.345. The van der Waals surface area contributed by atoms with Gasteiger partial charge in [-0.25, -0.2) is 8.42 Å². The number of hydrogen-bond acceptors (Lipinski definition) is 3. The molecule has 0 aliphatic carbocycles. The second-order valence-corrected chi connectivity index (χ2v) is 9.42. The van der Waals surface area contributed by atoms with E-state index in [0.717, 1.165) is 16.6 Å². The topological polar surface area (TPSA) is 37.4 Å². The highest BCUT2D eigenvalue weighted by molar-refractivity contribution is 9.11. The molecule has 0 saturated carbocycles. The number of nitrogens with zero attached hydrogens (tertiary/aromatic N) is 1. The molecule has 3 nitrogen and oxygen atoms in total. The zero-order valence-corrected chi connectivity index (χ0v) is 15.3. The molecule has 0 radical (unpaired) electrons. The number of halogens is 2.